The Hall–Kier alpha value is -3.60. The Bertz CT molecular complexity index is 1120. The van der Waals surface area contributed by atoms with Crippen molar-refractivity contribution in [3.63, 3.8) is 0 Å². The number of hydrogen-bond acceptors (Lipinski definition) is 3. The Balaban J connectivity index is 1.28. The summed E-state index contributed by atoms with van der Waals surface area (Å²) in [6.07, 6.45) is 1.18. The molecule has 0 radical (unpaired) electrons. The number of rotatable bonds is 5. The second-order valence-electron chi connectivity index (χ2n) is 8.60. The van der Waals surface area contributed by atoms with Crippen LogP contribution in [0.25, 0.3) is 11.1 Å². The average molecular weight is 427 g/mol. The van der Waals surface area contributed by atoms with E-state index < -0.39 is 5.60 Å². The monoisotopic (exact) mass is 426 g/mol. The van der Waals surface area contributed by atoms with Crippen molar-refractivity contribution in [2.75, 3.05) is 26.2 Å². The van der Waals surface area contributed by atoms with Gasteiger partial charge in [-0.1, -0.05) is 78.9 Å². The Kier molecular flexibility index (Phi) is 5.39. The van der Waals surface area contributed by atoms with Gasteiger partial charge in [0.15, 0.2) is 5.60 Å². The third-order valence-corrected chi connectivity index (χ3v) is 6.40. The minimum atomic E-state index is -0.606. The summed E-state index contributed by atoms with van der Waals surface area (Å²) < 4.78 is 5.84. The fourth-order valence-corrected chi connectivity index (χ4v) is 4.71. The molecule has 0 aliphatic carbocycles. The third kappa shape index (κ3) is 3.98. The molecule has 5 rings (SSSR count). The maximum atomic E-state index is 13.4. The zero-order valence-corrected chi connectivity index (χ0v) is 17.9. The summed E-state index contributed by atoms with van der Waals surface area (Å²) in [4.78, 5) is 29.6. The quantitative estimate of drug-likeness (QED) is 0.598. The second kappa shape index (κ2) is 8.50. The van der Waals surface area contributed by atoms with Crippen LogP contribution in [0.15, 0.2) is 84.9 Å². The number of carbonyl (C=O) groups excluding carboxylic acids is 2. The fourth-order valence-electron chi connectivity index (χ4n) is 4.71. The number of ether oxygens (including phenoxy) is 1. The van der Waals surface area contributed by atoms with Gasteiger partial charge in [-0.25, -0.2) is 4.79 Å². The summed E-state index contributed by atoms with van der Waals surface area (Å²) in [5.41, 5.74) is 3.21. The lowest BCUT2D eigenvalue weighted by Gasteiger charge is -2.23. The lowest BCUT2D eigenvalue weighted by atomic mass is 9.99. The van der Waals surface area contributed by atoms with Crippen molar-refractivity contribution >= 4 is 12.0 Å². The van der Waals surface area contributed by atoms with Crippen LogP contribution in [0.2, 0.25) is 0 Å². The average Bonchev–Trinajstić information content (AvgIpc) is 3.40. The molecule has 3 aromatic rings. The van der Waals surface area contributed by atoms with Gasteiger partial charge in [0.1, 0.15) is 0 Å². The number of hydrogen-bond donors (Lipinski definition) is 0. The maximum Gasteiger partial charge on any atom is 0.410 e. The van der Waals surface area contributed by atoms with Crippen LogP contribution in [0.5, 0.6) is 0 Å². The first-order valence-corrected chi connectivity index (χ1v) is 11.1. The first-order valence-electron chi connectivity index (χ1n) is 11.1. The summed E-state index contributed by atoms with van der Waals surface area (Å²) in [5, 5.41) is 0. The van der Waals surface area contributed by atoms with E-state index in [0.717, 1.165) is 17.5 Å². The molecule has 0 aromatic heterocycles. The van der Waals surface area contributed by atoms with Gasteiger partial charge in [0, 0.05) is 25.1 Å². The van der Waals surface area contributed by atoms with E-state index in [-0.39, 0.29) is 12.0 Å². The van der Waals surface area contributed by atoms with E-state index >= 15 is 0 Å². The topological polar surface area (TPSA) is 49.9 Å². The SMILES string of the molecule is O=C1O[C@]2(CCN(C(=O)c3ccccc3-c3ccccc3)C2)CN1CCc1ccccc1. The van der Waals surface area contributed by atoms with Gasteiger partial charge in [-0.3, -0.25) is 4.79 Å². The van der Waals surface area contributed by atoms with E-state index in [0.29, 0.717) is 38.2 Å². The first kappa shape index (κ1) is 20.3. The number of likely N-dealkylation sites (tertiary alicyclic amines) is 1. The standard InChI is InChI=1S/C27H26N2O3/c30-25(24-14-8-7-13-23(24)22-11-5-2-6-12-22)28-18-16-27(19-28)20-29(26(31)32-27)17-15-21-9-3-1-4-10-21/h1-14H,15-20H2/t27-/m0/s1. The number of amides is 2. The van der Waals surface area contributed by atoms with Gasteiger partial charge in [-0.2, -0.15) is 0 Å². The zero-order chi connectivity index (χ0) is 22.0. The van der Waals surface area contributed by atoms with Crippen molar-refractivity contribution < 1.29 is 14.3 Å². The summed E-state index contributed by atoms with van der Waals surface area (Å²) in [6.45, 7) is 2.17. The normalized spacial score (nSPS) is 20.1. The summed E-state index contributed by atoms with van der Waals surface area (Å²) in [6, 6.07) is 27.8. The highest BCUT2D eigenvalue weighted by atomic mass is 16.6. The van der Waals surface area contributed by atoms with Crippen molar-refractivity contribution in [2.24, 2.45) is 0 Å². The molecule has 2 fully saturated rings. The molecule has 1 spiro atoms. The molecule has 5 nitrogen and oxygen atoms in total. The molecular weight excluding hydrogens is 400 g/mol. The second-order valence-corrected chi connectivity index (χ2v) is 8.60. The lowest BCUT2D eigenvalue weighted by Crippen LogP contribution is -2.39. The minimum absolute atomic E-state index is 0.0138. The van der Waals surface area contributed by atoms with Crippen LogP contribution in [-0.4, -0.2) is 53.6 Å². The van der Waals surface area contributed by atoms with Crippen molar-refractivity contribution in [2.45, 2.75) is 18.4 Å². The molecule has 2 heterocycles. The van der Waals surface area contributed by atoms with Gasteiger partial charge < -0.3 is 14.5 Å². The van der Waals surface area contributed by atoms with Crippen LogP contribution in [0.4, 0.5) is 4.79 Å². The van der Waals surface area contributed by atoms with Gasteiger partial charge in [0.25, 0.3) is 5.91 Å². The van der Waals surface area contributed by atoms with Gasteiger partial charge in [0.05, 0.1) is 13.1 Å². The van der Waals surface area contributed by atoms with Gasteiger partial charge in [-0.05, 0) is 29.2 Å². The van der Waals surface area contributed by atoms with E-state index in [1.807, 2.05) is 77.7 Å². The van der Waals surface area contributed by atoms with Crippen LogP contribution in [-0.2, 0) is 11.2 Å². The summed E-state index contributed by atoms with van der Waals surface area (Å²) >= 11 is 0. The molecule has 3 aromatic carbocycles. The summed E-state index contributed by atoms with van der Waals surface area (Å²) in [7, 11) is 0. The predicted octanol–water partition coefficient (Wildman–Crippen LogP) is 4.63. The first-order chi connectivity index (χ1) is 15.6. The Labute approximate surface area is 188 Å². The largest absolute Gasteiger partial charge is 0.439 e. The lowest BCUT2D eigenvalue weighted by molar-refractivity contribution is 0.0553. The molecule has 2 aliphatic heterocycles. The molecule has 1 atom stereocenters. The Morgan fingerprint density at radius 1 is 0.875 bits per heavy atom. The molecule has 0 bridgehead atoms. The van der Waals surface area contributed by atoms with Crippen molar-refractivity contribution in [3.8, 4) is 11.1 Å². The molecule has 0 N–H and O–H groups in total. The third-order valence-electron chi connectivity index (χ3n) is 6.40. The van der Waals surface area contributed by atoms with Crippen LogP contribution in [0.3, 0.4) is 0 Å². The van der Waals surface area contributed by atoms with E-state index in [1.165, 1.54) is 5.56 Å². The highest BCUT2D eigenvalue weighted by Crippen LogP contribution is 2.34. The van der Waals surface area contributed by atoms with Crippen molar-refractivity contribution in [1.29, 1.82) is 0 Å². The van der Waals surface area contributed by atoms with Gasteiger partial charge in [-0.15, -0.1) is 0 Å². The Morgan fingerprint density at radius 2 is 1.56 bits per heavy atom. The molecule has 0 saturated carbocycles. The number of nitrogens with zero attached hydrogens (tertiary/aromatic N) is 2. The van der Waals surface area contributed by atoms with Crippen LogP contribution < -0.4 is 0 Å². The van der Waals surface area contributed by atoms with Crippen molar-refractivity contribution in [1.82, 2.24) is 9.80 Å². The van der Waals surface area contributed by atoms with E-state index in [4.69, 9.17) is 4.74 Å². The predicted molar refractivity (Wildman–Crippen MR) is 123 cm³/mol. The summed E-state index contributed by atoms with van der Waals surface area (Å²) in [5.74, 6) is -0.0138. The molecule has 2 amide bonds. The van der Waals surface area contributed by atoms with Crippen LogP contribution in [0.1, 0.15) is 22.3 Å². The Morgan fingerprint density at radius 3 is 2.34 bits per heavy atom. The molecule has 5 heteroatoms. The number of carbonyl (C=O) groups is 2. The zero-order valence-electron chi connectivity index (χ0n) is 17.9. The van der Waals surface area contributed by atoms with Crippen molar-refractivity contribution in [3.05, 3.63) is 96.1 Å². The fraction of sp³-hybridized carbons (Fsp3) is 0.259. The maximum absolute atomic E-state index is 13.4. The molecule has 0 unspecified atom stereocenters. The number of benzene rings is 3. The van der Waals surface area contributed by atoms with E-state index in [1.54, 1.807) is 4.90 Å². The molecule has 2 aliphatic rings. The minimum Gasteiger partial charge on any atom is -0.439 e. The highest BCUT2D eigenvalue weighted by Gasteiger charge is 2.50. The van der Waals surface area contributed by atoms with Crippen LogP contribution in [0, 0.1) is 0 Å². The molecule has 162 valence electrons. The molecular formula is C27H26N2O3. The van der Waals surface area contributed by atoms with E-state index in [2.05, 4.69) is 12.1 Å². The highest BCUT2D eigenvalue weighted by molar-refractivity contribution is 6.01. The van der Waals surface area contributed by atoms with E-state index in [9.17, 15) is 9.59 Å². The van der Waals surface area contributed by atoms with Gasteiger partial charge >= 0.3 is 6.09 Å². The molecule has 2 saturated heterocycles. The molecule has 32 heavy (non-hydrogen) atoms. The smallest absolute Gasteiger partial charge is 0.410 e. The van der Waals surface area contributed by atoms with Gasteiger partial charge in [0.2, 0.25) is 0 Å². The van der Waals surface area contributed by atoms with Crippen LogP contribution >= 0.6 is 0 Å².